The van der Waals surface area contributed by atoms with E-state index in [-0.39, 0.29) is 0 Å². The quantitative estimate of drug-likeness (QED) is 0.690. The molecule has 2 heterocycles. The minimum atomic E-state index is 0.802. The second-order valence-corrected chi connectivity index (χ2v) is 7.06. The first-order valence-electron chi connectivity index (χ1n) is 7.13. The summed E-state index contributed by atoms with van der Waals surface area (Å²) in [7, 11) is 0. The third kappa shape index (κ3) is 3.04. The zero-order valence-electron chi connectivity index (χ0n) is 11.1. The Hall–Kier alpha value is -0.380. The van der Waals surface area contributed by atoms with E-state index in [1.165, 1.54) is 47.9 Å². The van der Waals surface area contributed by atoms with Crippen LogP contribution in [0.1, 0.15) is 31.2 Å². The van der Waals surface area contributed by atoms with Crippen LogP contribution in [0.4, 0.5) is 0 Å². The third-order valence-electron chi connectivity index (χ3n) is 4.10. The van der Waals surface area contributed by atoms with Gasteiger partial charge in [-0.25, -0.2) is 0 Å². The molecule has 1 fully saturated rings. The molecule has 3 heteroatoms. The lowest BCUT2D eigenvalue weighted by atomic mass is 10.1. The van der Waals surface area contributed by atoms with Crippen molar-refractivity contribution in [1.82, 2.24) is 4.90 Å². The van der Waals surface area contributed by atoms with Crippen molar-refractivity contribution in [3.05, 3.63) is 35.2 Å². The SMILES string of the molecule is BrCCCC1CCCN1Cc1csc2ccccc12. The third-order valence-corrected chi connectivity index (χ3v) is 5.68. The number of fused-ring (bicyclic) bond motifs is 1. The van der Waals surface area contributed by atoms with E-state index in [1.54, 1.807) is 0 Å². The molecule has 1 unspecified atom stereocenters. The largest absolute Gasteiger partial charge is 0.296 e. The van der Waals surface area contributed by atoms with E-state index in [2.05, 4.69) is 50.5 Å². The summed E-state index contributed by atoms with van der Waals surface area (Å²) >= 11 is 5.44. The Bertz CT molecular complexity index is 536. The Kier molecular flexibility index (Phi) is 4.57. The summed E-state index contributed by atoms with van der Waals surface area (Å²) in [5.74, 6) is 0. The number of halogens is 1. The van der Waals surface area contributed by atoms with Crippen LogP contribution < -0.4 is 0 Å². The molecule has 1 saturated heterocycles. The molecule has 0 N–H and O–H groups in total. The van der Waals surface area contributed by atoms with E-state index in [4.69, 9.17) is 0 Å². The monoisotopic (exact) mass is 337 g/mol. The van der Waals surface area contributed by atoms with Gasteiger partial charge in [-0.1, -0.05) is 34.1 Å². The summed E-state index contributed by atoms with van der Waals surface area (Å²) in [5.41, 5.74) is 1.52. The first-order valence-corrected chi connectivity index (χ1v) is 9.13. The molecule has 3 rings (SSSR count). The molecule has 0 aliphatic carbocycles. The molecule has 0 saturated carbocycles. The van der Waals surface area contributed by atoms with Crippen LogP contribution in [0.25, 0.3) is 10.1 Å². The summed E-state index contributed by atoms with van der Waals surface area (Å²) < 4.78 is 1.42. The van der Waals surface area contributed by atoms with Crippen LogP contribution in [0.2, 0.25) is 0 Å². The lowest BCUT2D eigenvalue weighted by Gasteiger charge is -2.24. The van der Waals surface area contributed by atoms with E-state index < -0.39 is 0 Å². The Balaban J connectivity index is 1.73. The van der Waals surface area contributed by atoms with Gasteiger partial charge in [-0.2, -0.15) is 0 Å². The van der Waals surface area contributed by atoms with Crippen LogP contribution >= 0.6 is 27.3 Å². The van der Waals surface area contributed by atoms with Crippen LogP contribution in [-0.4, -0.2) is 22.8 Å². The van der Waals surface area contributed by atoms with Crippen molar-refractivity contribution in [3.8, 4) is 0 Å². The van der Waals surface area contributed by atoms with Crippen molar-refractivity contribution in [3.63, 3.8) is 0 Å². The van der Waals surface area contributed by atoms with E-state index in [0.29, 0.717) is 0 Å². The number of rotatable bonds is 5. The molecule has 1 nitrogen and oxygen atoms in total. The average molecular weight is 338 g/mol. The first kappa shape index (κ1) is 13.6. The molecular formula is C16H20BrNS. The fraction of sp³-hybridized carbons (Fsp3) is 0.500. The lowest BCUT2D eigenvalue weighted by molar-refractivity contribution is 0.235. The number of alkyl halides is 1. The number of benzene rings is 1. The fourth-order valence-corrected chi connectivity index (χ4v) is 4.39. The van der Waals surface area contributed by atoms with E-state index in [1.807, 2.05) is 11.3 Å². The summed E-state index contributed by atoms with van der Waals surface area (Å²) in [4.78, 5) is 2.69. The Morgan fingerprint density at radius 1 is 1.32 bits per heavy atom. The normalized spacial score (nSPS) is 20.4. The van der Waals surface area contributed by atoms with Crippen molar-refractivity contribution in [2.24, 2.45) is 0 Å². The number of hydrogen-bond donors (Lipinski definition) is 0. The molecule has 1 aliphatic heterocycles. The molecule has 1 aromatic carbocycles. The van der Waals surface area contributed by atoms with E-state index in [9.17, 15) is 0 Å². The predicted octanol–water partition coefficient (Wildman–Crippen LogP) is 5.04. The van der Waals surface area contributed by atoms with E-state index in [0.717, 1.165) is 17.9 Å². The molecule has 19 heavy (non-hydrogen) atoms. The smallest absolute Gasteiger partial charge is 0.0346 e. The summed E-state index contributed by atoms with van der Waals surface area (Å²) in [6, 6.07) is 9.60. The van der Waals surface area contributed by atoms with Gasteiger partial charge in [-0.05, 0) is 54.6 Å². The Labute approximate surface area is 127 Å². The number of likely N-dealkylation sites (tertiary alicyclic amines) is 1. The number of hydrogen-bond acceptors (Lipinski definition) is 2. The zero-order chi connectivity index (χ0) is 13.1. The molecule has 2 aromatic rings. The molecule has 0 amide bonds. The predicted molar refractivity (Wildman–Crippen MR) is 88.3 cm³/mol. The highest BCUT2D eigenvalue weighted by atomic mass is 79.9. The van der Waals surface area contributed by atoms with Crippen LogP contribution in [0.5, 0.6) is 0 Å². The van der Waals surface area contributed by atoms with Crippen molar-refractivity contribution < 1.29 is 0 Å². The van der Waals surface area contributed by atoms with Crippen molar-refractivity contribution >= 4 is 37.4 Å². The number of nitrogens with zero attached hydrogens (tertiary/aromatic N) is 1. The summed E-state index contributed by atoms with van der Waals surface area (Å²) in [5, 5.41) is 4.95. The fourth-order valence-electron chi connectivity index (χ4n) is 3.12. The van der Waals surface area contributed by atoms with Gasteiger partial charge in [-0.15, -0.1) is 11.3 Å². The lowest BCUT2D eigenvalue weighted by Crippen LogP contribution is -2.28. The molecule has 1 aliphatic rings. The molecule has 1 aromatic heterocycles. The highest BCUT2D eigenvalue weighted by Crippen LogP contribution is 2.30. The topological polar surface area (TPSA) is 3.24 Å². The van der Waals surface area contributed by atoms with Crippen LogP contribution in [0.15, 0.2) is 29.6 Å². The molecule has 102 valence electrons. The van der Waals surface area contributed by atoms with Crippen LogP contribution in [0, 0.1) is 0 Å². The second kappa shape index (κ2) is 6.38. The zero-order valence-corrected chi connectivity index (χ0v) is 13.5. The molecule has 0 radical (unpaired) electrons. The highest BCUT2D eigenvalue weighted by Gasteiger charge is 2.24. The van der Waals surface area contributed by atoms with Gasteiger partial charge in [-0.3, -0.25) is 4.90 Å². The molecule has 1 atom stereocenters. The standard InChI is InChI=1S/C16H20BrNS/c17-9-3-5-14-6-4-10-18(14)11-13-12-19-16-8-2-1-7-15(13)16/h1-2,7-8,12,14H,3-6,9-11H2. The second-order valence-electron chi connectivity index (χ2n) is 5.35. The van der Waals surface area contributed by atoms with Crippen LogP contribution in [0.3, 0.4) is 0 Å². The van der Waals surface area contributed by atoms with Gasteiger partial charge in [0.2, 0.25) is 0 Å². The van der Waals surface area contributed by atoms with Gasteiger partial charge in [0.25, 0.3) is 0 Å². The van der Waals surface area contributed by atoms with Crippen molar-refractivity contribution in [2.45, 2.75) is 38.3 Å². The number of thiophene rings is 1. The molecule has 0 bridgehead atoms. The van der Waals surface area contributed by atoms with Gasteiger partial charge in [0.1, 0.15) is 0 Å². The molecule has 0 spiro atoms. The maximum atomic E-state index is 3.55. The minimum Gasteiger partial charge on any atom is -0.296 e. The Morgan fingerprint density at radius 3 is 3.11 bits per heavy atom. The van der Waals surface area contributed by atoms with Crippen LogP contribution in [-0.2, 0) is 6.54 Å². The maximum Gasteiger partial charge on any atom is 0.0346 e. The van der Waals surface area contributed by atoms with Crippen molar-refractivity contribution in [1.29, 1.82) is 0 Å². The van der Waals surface area contributed by atoms with Gasteiger partial charge in [0.05, 0.1) is 0 Å². The summed E-state index contributed by atoms with van der Waals surface area (Å²) in [6.45, 7) is 2.41. The summed E-state index contributed by atoms with van der Waals surface area (Å²) in [6.07, 6.45) is 5.39. The Morgan fingerprint density at radius 2 is 2.21 bits per heavy atom. The van der Waals surface area contributed by atoms with Gasteiger partial charge >= 0.3 is 0 Å². The first-order chi connectivity index (χ1) is 9.38. The van der Waals surface area contributed by atoms with Gasteiger partial charge < -0.3 is 0 Å². The van der Waals surface area contributed by atoms with Gasteiger partial charge in [0, 0.05) is 22.6 Å². The molecular weight excluding hydrogens is 318 g/mol. The van der Waals surface area contributed by atoms with E-state index >= 15 is 0 Å². The van der Waals surface area contributed by atoms with Crippen molar-refractivity contribution in [2.75, 3.05) is 11.9 Å². The highest BCUT2D eigenvalue weighted by molar-refractivity contribution is 9.09. The van der Waals surface area contributed by atoms with Gasteiger partial charge in [0.15, 0.2) is 0 Å². The maximum absolute atomic E-state index is 3.55. The minimum absolute atomic E-state index is 0.802. The average Bonchev–Trinajstić information content (AvgIpc) is 3.05.